The second-order valence-corrected chi connectivity index (χ2v) is 5.03. The van der Waals surface area contributed by atoms with Gasteiger partial charge in [0.15, 0.2) is 11.6 Å². The van der Waals surface area contributed by atoms with E-state index >= 15 is 0 Å². The Kier molecular flexibility index (Phi) is 5.02. The molecule has 18 heavy (non-hydrogen) atoms. The van der Waals surface area contributed by atoms with E-state index in [1.165, 1.54) is 12.1 Å². The summed E-state index contributed by atoms with van der Waals surface area (Å²) in [6.45, 7) is 5.45. The molecule has 5 heteroatoms. The van der Waals surface area contributed by atoms with Crippen LogP contribution in [0.4, 0.5) is 13.2 Å². The molecule has 1 rings (SSSR count). The van der Waals surface area contributed by atoms with E-state index in [2.05, 4.69) is 5.32 Å². The van der Waals surface area contributed by atoms with Crippen LogP contribution in [-0.4, -0.2) is 18.6 Å². The van der Waals surface area contributed by atoms with Crippen LogP contribution in [0, 0.1) is 5.82 Å². The number of benzene rings is 1. The predicted octanol–water partition coefficient (Wildman–Crippen LogP) is 3.36. The minimum absolute atomic E-state index is 0.102. The van der Waals surface area contributed by atoms with Gasteiger partial charge in [0.05, 0.1) is 0 Å². The van der Waals surface area contributed by atoms with Crippen LogP contribution in [0.3, 0.4) is 0 Å². The lowest BCUT2D eigenvalue weighted by molar-refractivity contribution is 0.0792. The van der Waals surface area contributed by atoms with Crippen molar-refractivity contribution in [2.75, 3.05) is 6.61 Å². The highest BCUT2D eigenvalue weighted by Crippen LogP contribution is 2.23. The molecule has 0 amide bonds. The number of para-hydroxylation sites is 1. The first-order valence-electron chi connectivity index (χ1n) is 5.73. The molecule has 1 aromatic carbocycles. The number of halogens is 3. The number of ether oxygens (including phenoxy) is 1. The fourth-order valence-corrected chi connectivity index (χ4v) is 1.36. The smallest absolute Gasteiger partial charge is 0.272 e. The highest BCUT2D eigenvalue weighted by atomic mass is 19.3. The van der Waals surface area contributed by atoms with E-state index in [0.717, 1.165) is 0 Å². The van der Waals surface area contributed by atoms with Crippen molar-refractivity contribution < 1.29 is 17.9 Å². The Morgan fingerprint density at radius 1 is 1.28 bits per heavy atom. The zero-order chi connectivity index (χ0) is 13.8. The van der Waals surface area contributed by atoms with Crippen molar-refractivity contribution in [3.8, 4) is 5.75 Å². The summed E-state index contributed by atoms with van der Waals surface area (Å²) in [6, 6.07) is 4.38. The first kappa shape index (κ1) is 14.8. The van der Waals surface area contributed by atoms with Crippen molar-refractivity contribution >= 4 is 0 Å². The van der Waals surface area contributed by atoms with Crippen LogP contribution in [0.25, 0.3) is 0 Å². The number of alkyl halides is 2. The third kappa shape index (κ3) is 4.96. The highest BCUT2D eigenvalue weighted by molar-refractivity contribution is 5.35. The quantitative estimate of drug-likeness (QED) is 0.877. The summed E-state index contributed by atoms with van der Waals surface area (Å²) in [7, 11) is 0. The molecule has 0 radical (unpaired) electrons. The van der Waals surface area contributed by atoms with Crippen molar-refractivity contribution in [2.45, 2.75) is 39.3 Å². The van der Waals surface area contributed by atoms with Crippen molar-refractivity contribution in [1.29, 1.82) is 0 Å². The SMILES string of the molecule is CC(C)(C)NCc1cccc(F)c1OCC(F)F. The van der Waals surface area contributed by atoms with E-state index in [4.69, 9.17) is 4.74 Å². The van der Waals surface area contributed by atoms with E-state index in [1.54, 1.807) is 6.07 Å². The molecule has 1 aromatic rings. The van der Waals surface area contributed by atoms with Gasteiger partial charge in [0.1, 0.15) is 6.61 Å². The van der Waals surface area contributed by atoms with E-state index in [1.807, 2.05) is 20.8 Å². The molecule has 0 spiro atoms. The minimum atomic E-state index is -2.62. The van der Waals surface area contributed by atoms with E-state index in [0.29, 0.717) is 12.1 Å². The maximum Gasteiger partial charge on any atom is 0.272 e. The Bertz CT molecular complexity index is 388. The van der Waals surface area contributed by atoms with E-state index in [9.17, 15) is 13.2 Å². The highest BCUT2D eigenvalue weighted by Gasteiger charge is 2.15. The van der Waals surface area contributed by atoms with Crippen LogP contribution in [0.15, 0.2) is 18.2 Å². The molecule has 102 valence electrons. The lowest BCUT2D eigenvalue weighted by atomic mass is 10.1. The van der Waals surface area contributed by atoms with Gasteiger partial charge in [0.2, 0.25) is 0 Å². The fraction of sp³-hybridized carbons (Fsp3) is 0.538. The Hall–Kier alpha value is -1.23. The van der Waals surface area contributed by atoms with Crippen LogP contribution in [0.5, 0.6) is 5.75 Å². The summed E-state index contributed by atoms with van der Waals surface area (Å²) in [5, 5.41) is 3.16. The normalized spacial score (nSPS) is 11.9. The molecule has 0 saturated heterocycles. The molecule has 0 aliphatic carbocycles. The summed E-state index contributed by atoms with van der Waals surface area (Å²) in [4.78, 5) is 0. The number of hydrogen-bond donors (Lipinski definition) is 1. The first-order chi connectivity index (χ1) is 8.29. The summed E-state index contributed by atoms with van der Waals surface area (Å²) < 4.78 is 42.5. The molecule has 0 aliphatic rings. The zero-order valence-corrected chi connectivity index (χ0v) is 10.8. The number of rotatable bonds is 5. The summed E-state index contributed by atoms with van der Waals surface area (Å²) in [5.74, 6) is -0.724. The lowest BCUT2D eigenvalue weighted by Crippen LogP contribution is -2.35. The average Bonchev–Trinajstić information content (AvgIpc) is 2.23. The molecule has 0 fully saturated rings. The third-order valence-corrected chi connectivity index (χ3v) is 2.21. The van der Waals surface area contributed by atoms with Crippen molar-refractivity contribution in [3.05, 3.63) is 29.6 Å². The minimum Gasteiger partial charge on any atom is -0.484 e. The maximum absolute atomic E-state index is 13.5. The summed E-state index contributed by atoms with van der Waals surface area (Å²) in [5.41, 5.74) is 0.386. The topological polar surface area (TPSA) is 21.3 Å². The van der Waals surface area contributed by atoms with Gasteiger partial charge in [-0.3, -0.25) is 0 Å². The van der Waals surface area contributed by atoms with Gasteiger partial charge in [-0.15, -0.1) is 0 Å². The second kappa shape index (κ2) is 6.09. The molecule has 0 aliphatic heterocycles. The molecular weight excluding hydrogens is 243 g/mol. The maximum atomic E-state index is 13.5. The molecule has 0 unspecified atom stereocenters. The molecule has 0 saturated carbocycles. The van der Waals surface area contributed by atoms with Gasteiger partial charge < -0.3 is 10.1 Å². The lowest BCUT2D eigenvalue weighted by Gasteiger charge is -2.21. The fourth-order valence-electron chi connectivity index (χ4n) is 1.36. The van der Waals surface area contributed by atoms with Gasteiger partial charge in [-0.2, -0.15) is 0 Å². The molecule has 0 atom stereocenters. The number of nitrogens with one attached hydrogen (secondary N) is 1. The van der Waals surface area contributed by atoms with Crippen LogP contribution in [0.1, 0.15) is 26.3 Å². The van der Waals surface area contributed by atoms with Gasteiger partial charge >= 0.3 is 0 Å². The first-order valence-corrected chi connectivity index (χ1v) is 5.73. The summed E-state index contributed by atoms with van der Waals surface area (Å²) >= 11 is 0. The van der Waals surface area contributed by atoms with Gasteiger partial charge in [0.25, 0.3) is 6.43 Å². The van der Waals surface area contributed by atoms with Crippen molar-refractivity contribution in [1.82, 2.24) is 5.32 Å². The van der Waals surface area contributed by atoms with Gasteiger partial charge in [0, 0.05) is 17.6 Å². The largest absolute Gasteiger partial charge is 0.484 e. The summed E-state index contributed by atoms with van der Waals surface area (Å²) in [6.07, 6.45) is -2.62. The van der Waals surface area contributed by atoms with Crippen LogP contribution in [0.2, 0.25) is 0 Å². The van der Waals surface area contributed by atoms with Crippen molar-refractivity contribution in [3.63, 3.8) is 0 Å². The zero-order valence-electron chi connectivity index (χ0n) is 10.8. The third-order valence-electron chi connectivity index (χ3n) is 2.21. The van der Waals surface area contributed by atoms with E-state index < -0.39 is 18.8 Å². The molecule has 0 bridgehead atoms. The Labute approximate surface area is 105 Å². The Morgan fingerprint density at radius 3 is 2.50 bits per heavy atom. The second-order valence-electron chi connectivity index (χ2n) is 5.03. The molecular formula is C13H18F3NO. The Morgan fingerprint density at radius 2 is 1.94 bits per heavy atom. The van der Waals surface area contributed by atoms with Gasteiger partial charge in [-0.25, -0.2) is 13.2 Å². The van der Waals surface area contributed by atoms with Crippen LogP contribution >= 0.6 is 0 Å². The van der Waals surface area contributed by atoms with Crippen LogP contribution < -0.4 is 10.1 Å². The monoisotopic (exact) mass is 261 g/mol. The standard InChI is InChI=1S/C13H18F3NO/c1-13(2,3)17-7-9-5-4-6-10(14)12(9)18-8-11(15)16/h4-6,11,17H,7-8H2,1-3H3. The van der Waals surface area contributed by atoms with Gasteiger partial charge in [-0.05, 0) is 26.8 Å². The average molecular weight is 261 g/mol. The van der Waals surface area contributed by atoms with Gasteiger partial charge in [-0.1, -0.05) is 12.1 Å². The predicted molar refractivity (Wildman–Crippen MR) is 64.5 cm³/mol. The molecule has 0 aromatic heterocycles. The van der Waals surface area contributed by atoms with Crippen LogP contribution in [-0.2, 0) is 6.54 Å². The molecule has 1 N–H and O–H groups in total. The van der Waals surface area contributed by atoms with Crippen molar-refractivity contribution in [2.24, 2.45) is 0 Å². The van der Waals surface area contributed by atoms with E-state index in [-0.39, 0.29) is 11.3 Å². The molecule has 0 heterocycles. The number of hydrogen-bond acceptors (Lipinski definition) is 2. The Balaban J connectivity index is 2.80. The molecule has 2 nitrogen and oxygen atoms in total.